The van der Waals surface area contributed by atoms with Gasteiger partial charge < -0.3 is 14.7 Å². The second-order valence-corrected chi connectivity index (χ2v) is 6.79. The number of rotatable bonds is 3. The molecule has 0 unspecified atom stereocenters. The number of carbonyl (C=O) groups is 1. The van der Waals surface area contributed by atoms with Crippen LogP contribution in [-0.4, -0.2) is 64.3 Å². The van der Waals surface area contributed by atoms with Crippen LogP contribution >= 0.6 is 0 Å². The van der Waals surface area contributed by atoms with Crippen LogP contribution in [0.4, 0.5) is 11.6 Å². The molecule has 25 heavy (non-hydrogen) atoms. The number of fused-ring (bicyclic) bond motifs is 1. The van der Waals surface area contributed by atoms with E-state index in [4.69, 9.17) is 0 Å². The van der Waals surface area contributed by atoms with Crippen LogP contribution in [0.1, 0.15) is 29.0 Å². The third-order valence-electron chi connectivity index (χ3n) is 4.80. The molecule has 2 aliphatic rings. The summed E-state index contributed by atoms with van der Waals surface area (Å²) in [5.41, 5.74) is 1.61. The van der Waals surface area contributed by atoms with Gasteiger partial charge >= 0.3 is 0 Å². The average molecular weight is 341 g/mol. The summed E-state index contributed by atoms with van der Waals surface area (Å²) in [5.74, 6) is 1.74. The molecular weight excluding hydrogens is 318 g/mol. The van der Waals surface area contributed by atoms with Crippen molar-refractivity contribution in [3.05, 3.63) is 29.8 Å². The number of aromatic nitrogens is 4. The minimum absolute atomic E-state index is 0.0559. The predicted molar refractivity (Wildman–Crippen MR) is 94.8 cm³/mol. The molecule has 4 heterocycles. The lowest BCUT2D eigenvalue weighted by atomic mass is 10.2. The zero-order chi connectivity index (χ0) is 17.4. The summed E-state index contributed by atoms with van der Waals surface area (Å²) >= 11 is 0. The monoisotopic (exact) mass is 341 g/mol. The fraction of sp³-hybridized carbons (Fsp3) is 0.529. The molecule has 0 aliphatic carbocycles. The van der Waals surface area contributed by atoms with Crippen molar-refractivity contribution < 1.29 is 4.79 Å². The van der Waals surface area contributed by atoms with Crippen LogP contribution in [0.25, 0.3) is 0 Å². The Morgan fingerprint density at radius 1 is 1.12 bits per heavy atom. The minimum Gasteiger partial charge on any atom is -0.361 e. The predicted octanol–water partition coefficient (Wildman–Crippen LogP) is 0.995. The van der Waals surface area contributed by atoms with E-state index in [9.17, 15) is 4.79 Å². The smallest absolute Gasteiger partial charge is 0.274 e. The highest BCUT2D eigenvalue weighted by Crippen LogP contribution is 2.22. The Kier molecular flexibility index (Phi) is 4.03. The third kappa shape index (κ3) is 3.04. The molecule has 8 nitrogen and oxygen atoms in total. The molecule has 1 saturated heterocycles. The number of amides is 1. The first-order valence-corrected chi connectivity index (χ1v) is 8.72. The SMILES string of the molecule is CN(C)c1cncc(N2CCn3nc(C(=O)N4CCCC4)cc3C2)n1. The van der Waals surface area contributed by atoms with Crippen molar-refractivity contribution in [2.75, 3.05) is 43.5 Å². The quantitative estimate of drug-likeness (QED) is 0.829. The standard InChI is InChI=1S/C17H23N7O/c1-21(2)15-10-18-11-16(19-15)23-7-8-24-13(12-23)9-14(20-24)17(25)22-5-3-4-6-22/h9-11H,3-8,12H2,1-2H3. The number of carbonyl (C=O) groups excluding carboxylic acids is 1. The second-order valence-electron chi connectivity index (χ2n) is 6.79. The van der Waals surface area contributed by atoms with Gasteiger partial charge in [0.2, 0.25) is 0 Å². The molecular formula is C17H23N7O. The van der Waals surface area contributed by atoms with E-state index in [1.807, 2.05) is 34.6 Å². The van der Waals surface area contributed by atoms with Gasteiger partial charge in [-0.2, -0.15) is 5.10 Å². The summed E-state index contributed by atoms with van der Waals surface area (Å²) in [5, 5.41) is 4.52. The Hall–Kier alpha value is -2.64. The number of nitrogens with zero attached hydrogens (tertiary/aromatic N) is 7. The van der Waals surface area contributed by atoms with Gasteiger partial charge in [-0.15, -0.1) is 0 Å². The maximum absolute atomic E-state index is 12.5. The van der Waals surface area contributed by atoms with Gasteiger partial charge in [-0.1, -0.05) is 0 Å². The van der Waals surface area contributed by atoms with E-state index in [2.05, 4.69) is 20.0 Å². The van der Waals surface area contributed by atoms with Crippen LogP contribution in [0.5, 0.6) is 0 Å². The van der Waals surface area contributed by atoms with Gasteiger partial charge in [-0.25, -0.2) is 4.98 Å². The van der Waals surface area contributed by atoms with E-state index in [0.29, 0.717) is 12.2 Å². The summed E-state index contributed by atoms with van der Waals surface area (Å²) in [6.45, 7) is 3.93. The molecule has 2 aromatic heterocycles. The van der Waals surface area contributed by atoms with Crippen molar-refractivity contribution in [2.24, 2.45) is 0 Å². The molecule has 0 radical (unpaired) electrons. The summed E-state index contributed by atoms with van der Waals surface area (Å²) < 4.78 is 1.95. The largest absolute Gasteiger partial charge is 0.361 e. The number of anilines is 2. The van der Waals surface area contributed by atoms with Crippen molar-refractivity contribution >= 4 is 17.5 Å². The van der Waals surface area contributed by atoms with Crippen molar-refractivity contribution in [1.29, 1.82) is 0 Å². The molecule has 2 aliphatic heterocycles. The van der Waals surface area contributed by atoms with Crippen LogP contribution in [0.2, 0.25) is 0 Å². The van der Waals surface area contributed by atoms with Crippen LogP contribution in [-0.2, 0) is 13.1 Å². The third-order valence-corrected chi connectivity index (χ3v) is 4.80. The van der Waals surface area contributed by atoms with Gasteiger partial charge in [0.05, 0.1) is 31.2 Å². The lowest BCUT2D eigenvalue weighted by Crippen LogP contribution is -2.34. The lowest BCUT2D eigenvalue weighted by molar-refractivity contribution is 0.0786. The molecule has 1 amide bonds. The first kappa shape index (κ1) is 15.9. The Labute approximate surface area is 147 Å². The first-order valence-electron chi connectivity index (χ1n) is 8.72. The van der Waals surface area contributed by atoms with Crippen LogP contribution in [0, 0.1) is 0 Å². The van der Waals surface area contributed by atoms with Gasteiger partial charge in [0.25, 0.3) is 5.91 Å². The Morgan fingerprint density at radius 2 is 1.92 bits per heavy atom. The average Bonchev–Trinajstić information content (AvgIpc) is 3.30. The maximum atomic E-state index is 12.5. The number of likely N-dealkylation sites (tertiary alicyclic amines) is 1. The van der Waals surface area contributed by atoms with E-state index >= 15 is 0 Å². The van der Waals surface area contributed by atoms with E-state index in [1.165, 1.54) is 0 Å². The van der Waals surface area contributed by atoms with Crippen molar-refractivity contribution in [1.82, 2.24) is 24.6 Å². The van der Waals surface area contributed by atoms with Gasteiger partial charge in [0, 0.05) is 33.7 Å². The zero-order valence-electron chi connectivity index (χ0n) is 14.7. The fourth-order valence-corrected chi connectivity index (χ4v) is 3.36. The van der Waals surface area contributed by atoms with Gasteiger partial charge in [-0.3, -0.25) is 14.5 Å². The second kappa shape index (κ2) is 6.34. The van der Waals surface area contributed by atoms with Crippen LogP contribution < -0.4 is 9.80 Å². The molecule has 0 aromatic carbocycles. The Bertz CT molecular complexity index is 779. The highest BCUT2D eigenvalue weighted by molar-refractivity contribution is 5.92. The first-order chi connectivity index (χ1) is 12.1. The zero-order valence-corrected chi connectivity index (χ0v) is 14.7. The summed E-state index contributed by atoms with van der Waals surface area (Å²) in [6.07, 6.45) is 5.72. The van der Waals surface area contributed by atoms with Crippen molar-refractivity contribution in [3.8, 4) is 0 Å². The molecule has 132 valence electrons. The Balaban J connectivity index is 1.53. The van der Waals surface area contributed by atoms with E-state index in [0.717, 1.165) is 56.4 Å². The molecule has 2 aromatic rings. The topological polar surface area (TPSA) is 70.4 Å². The van der Waals surface area contributed by atoms with Gasteiger partial charge in [0.15, 0.2) is 5.69 Å². The van der Waals surface area contributed by atoms with E-state index in [1.54, 1.807) is 12.4 Å². The van der Waals surface area contributed by atoms with Gasteiger partial charge in [-0.05, 0) is 18.9 Å². The van der Waals surface area contributed by atoms with E-state index in [-0.39, 0.29) is 5.91 Å². The molecule has 8 heteroatoms. The number of hydrogen-bond acceptors (Lipinski definition) is 6. The fourth-order valence-electron chi connectivity index (χ4n) is 3.36. The van der Waals surface area contributed by atoms with Crippen molar-refractivity contribution in [2.45, 2.75) is 25.9 Å². The molecule has 0 spiro atoms. The molecule has 0 saturated carbocycles. The maximum Gasteiger partial charge on any atom is 0.274 e. The van der Waals surface area contributed by atoms with E-state index < -0.39 is 0 Å². The Morgan fingerprint density at radius 3 is 2.68 bits per heavy atom. The van der Waals surface area contributed by atoms with Gasteiger partial charge in [0.1, 0.15) is 11.6 Å². The summed E-state index contributed by atoms with van der Waals surface area (Å²) in [6, 6.07) is 1.93. The molecule has 4 rings (SSSR count). The lowest BCUT2D eigenvalue weighted by Gasteiger charge is -2.28. The van der Waals surface area contributed by atoms with Crippen LogP contribution in [0.15, 0.2) is 18.5 Å². The minimum atomic E-state index is 0.0559. The summed E-state index contributed by atoms with van der Waals surface area (Å²) in [4.78, 5) is 27.5. The molecule has 0 bridgehead atoms. The molecule has 0 atom stereocenters. The number of hydrogen-bond donors (Lipinski definition) is 0. The highest BCUT2D eigenvalue weighted by Gasteiger charge is 2.26. The molecule has 1 fully saturated rings. The van der Waals surface area contributed by atoms with Crippen molar-refractivity contribution in [3.63, 3.8) is 0 Å². The highest BCUT2D eigenvalue weighted by atomic mass is 16.2. The van der Waals surface area contributed by atoms with Crippen LogP contribution in [0.3, 0.4) is 0 Å². The summed E-state index contributed by atoms with van der Waals surface area (Å²) in [7, 11) is 3.91. The normalized spacial score (nSPS) is 16.9. The molecule has 0 N–H and O–H groups in total.